The molecule has 2 aliphatic rings. The summed E-state index contributed by atoms with van der Waals surface area (Å²) in [5.74, 6) is -3.25. The summed E-state index contributed by atoms with van der Waals surface area (Å²) in [4.78, 5) is 16.0. The van der Waals surface area contributed by atoms with Gasteiger partial charge in [-0.15, -0.1) is 0 Å². The van der Waals surface area contributed by atoms with Gasteiger partial charge in [0.1, 0.15) is 33.6 Å². The number of nitrogens with one attached hydrogen (secondary N) is 3. The molecular weight excluding hydrogens is 432 g/mol. The maximum absolute atomic E-state index is 14.6. The van der Waals surface area contributed by atoms with Crippen molar-refractivity contribution >= 4 is 27.3 Å². The van der Waals surface area contributed by atoms with E-state index >= 15 is 0 Å². The molecule has 9 nitrogen and oxygen atoms in total. The number of nitrogens with two attached hydrogens (primary N) is 1. The second-order valence-electron chi connectivity index (χ2n) is 7.80. The molecule has 1 amide bonds. The summed E-state index contributed by atoms with van der Waals surface area (Å²) in [6.07, 6.45) is -0.214. The van der Waals surface area contributed by atoms with Gasteiger partial charge in [-0.05, 0) is 30.3 Å². The molecule has 1 aliphatic heterocycles. The van der Waals surface area contributed by atoms with Gasteiger partial charge in [0.2, 0.25) is 0 Å². The van der Waals surface area contributed by atoms with Crippen molar-refractivity contribution < 1.29 is 27.1 Å². The molecule has 2 fully saturated rings. The van der Waals surface area contributed by atoms with Crippen molar-refractivity contribution in [3.63, 3.8) is 0 Å². The predicted molar refractivity (Wildman–Crippen MR) is 107 cm³/mol. The first kappa shape index (κ1) is 21.3. The highest BCUT2D eigenvalue weighted by atomic mass is 32.2. The fraction of sp³-hybridized carbons (Fsp3) is 0.316. The third-order valence-corrected chi connectivity index (χ3v) is 8.18. The summed E-state index contributed by atoms with van der Waals surface area (Å²) < 4.78 is 51.9. The number of amidine groups is 1. The smallest absolute Gasteiger partial charge is 0.274 e. The lowest BCUT2D eigenvalue weighted by atomic mass is 9.79. The summed E-state index contributed by atoms with van der Waals surface area (Å²) in [6, 6.07) is 5.65. The zero-order valence-corrected chi connectivity index (χ0v) is 16.8. The molecular formula is C19H19F2N5O4S. The number of rotatable bonds is 3. The van der Waals surface area contributed by atoms with Crippen LogP contribution in [0.4, 0.5) is 14.5 Å². The van der Waals surface area contributed by atoms with Gasteiger partial charge >= 0.3 is 0 Å². The van der Waals surface area contributed by atoms with Crippen molar-refractivity contribution in [1.29, 1.82) is 5.41 Å². The van der Waals surface area contributed by atoms with Crippen molar-refractivity contribution in [2.45, 2.75) is 29.4 Å². The third kappa shape index (κ3) is 3.46. The van der Waals surface area contributed by atoms with E-state index < -0.39 is 55.5 Å². The van der Waals surface area contributed by atoms with E-state index in [4.69, 9.17) is 11.1 Å². The van der Waals surface area contributed by atoms with Crippen LogP contribution >= 0.6 is 0 Å². The molecule has 12 heteroatoms. The average Bonchev–Trinajstić information content (AvgIpc) is 2.65. The first-order chi connectivity index (χ1) is 14.5. The van der Waals surface area contributed by atoms with E-state index in [1.807, 2.05) is 0 Å². The Balaban J connectivity index is 1.63. The number of aromatic nitrogens is 1. The van der Waals surface area contributed by atoms with Gasteiger partial charge in [-0.3, -0.25) is 10.2 Å². The number of sulfone groups is 1. The number of amides is 1. The van der Waals surface area contributed by atoms with Crippen LogP contribution < -0.4 is 16.4 Å². The van der Waals surface area contributed by atoms with Crippen LogP contribution in [0.25, 0.3) is 0 Å². The van der Waals surface area contributed by atoms with Crippen LogP contribution in [0.5, 0.6) is 0 Å². The Kier molecular flexibility index (Phi) is 4.83. The quantitative estimate of drug-likeness (QED) is 0.457. The number of pyridine rings is 1. The van der Waals surface area contributed by atoms with Gasteiger partial charge < -0.3 is 21.5 Å². The van der Waals surface area contributed by atoms with Gasteiger partial charge in [0.25, 0.3) is 5.91 Å². The molecule has 2 heterocycles. The normalized spacial score (nSPS) is 29.2. The van der Waals surface area contributed by atoms with Crippen molar-refractivity contribution in [2.24, 2.45) is 5.73 Å². The number of nitrogens with zero attached hydrogens (tertiary/aromatic N) is 1. The Morgan fingerprint density at radius 1 is 1.29 bits per heavy atom. The molecule has 1 atom stereocenters. The fourth-order valence-corrected chi connectivity index (χ4v) is 6.28. The van der Waals surface area contributed by atoms with E-state index in [1.54, 1.807) is 0 Å². The van der Waals surface area contributed by atoms with E-state index in [0.717, 1.165) is 18.3 Å². The molecule has 0 bridgehead atoms. The SMILES string of the molecule is N=C1N[C@](N)(c2cc(NC(=O)c3ccc(F)cn3)ccc2F)CS(=O)(=O)[C@]12C[C@H](O)C2. The summed E-state index contributed by atoms with van der Waals surface area (Å²) in [6.45, 7) is 0. The maximum Gasteiger partial charge on any atom is 0.274 e. The minimum Gasteiger partial charge on any atom is -0.393 e. The molecule has 1 saturated carbocycles. The van der Waals surface area contributed by atoms with Crippen molar-refractivity contribution in [1.82, 2.24) is 10.3 Å². The Morgan fingerprint density at radius 3 is 2.58 bits per heavy atom. The van der Waals surface area contributed by atoms with Crippen LogP contribution in [0.15, 0.2) is 36.5 Å². The number of carbonyl (C=O) groups excluding carboxylic acids is 1. The Hall–Kier alpha value is -2.96. The molecule has 4 rings (SSSR count). The Morgan fingerprint density at radius 2 is 2.00 bits per heavy atom. The lowest BCUT2D eigenvalue weighted by Gasteiger charge is -2.51. The minimum atomic E-state index is -4.00. The standard InChI is InChI=1S/C19H19F2N5O4S/c20-10-1-4-15(24-8-10)16(28)25-11-2-3-14(21)13(5-11)19(23)9-31(29,30)18(17(22)26-19)6-12(27)7-18/h1-5,8,12,27H,6-7,9,23H2,(H2,22,26)(H,25,28)/t12-,18-,19-/m0/s1. The highest BCUT2D eigenvalue weighted by Gasteiger charge is 2.62. The Labute approximate surface area is 176 Å². The van der Waals surface area contributed by atoms with Crippen LogP contribution in [0.3, 0.4) is 0 Å². The minimum absolute atomic E-state index is 0.0830. The number of aliphatic hydroxyl groups is 1. The molecule has 2 aromatic rings. The first-order valence-electron chi connectivity index (χ1n) is 9.25. The maximum atomic E-state index is 14.6. The van der Waals surface area contributed by atoms with Gasteiger partial charge in [0.15, 0.2) is 9.84 Å². The monoisotopic (exact) mass is 451 g/mol. The number of anilines is 1. The van der Waals surface area contributed by atoms with E-state index in [0.29, 0.717) is 0 Å². The van der Waals surface area contributed by atoms with Crippen LogP contribution in [0.1, 0.15) is 28.9 Å². The second-order valence-corrected chi connectivity index (χ2v) is 10.1. The molecule has 6 N–H and O–H groups in total. The lowest BCUT2D eigenvalue weighted by molar-refractivity contribution is 0.0760. The van der Waals surface area contributed by atoms with Crippen LogP contribution in [-0.4, -0.2) is 46.9 Å². The number of halogens is 2. The summed E-state index contributed by atoms with van der Waals surface area (Å²) in [5.41, 5.74) is 4.00. The Bertz CT molecular complexity index is 1180. The summed E-state index contributed by atoms with van der Waals surface area (Å²) >= 11 is 0. The van der Waals surface area contributed by atoms with Crippen LogP contribution in [-0.2, 0) is 15.5 Å². The summed E-state index contributed by atoms with van der Waals surface area (Å²) in [5, 5.41) is 22.9. The van der Waals surface area contributed by atoms with Crippen molar-refractivity contribution in [3.05, 3.63) is 59.4 Å². The van der Waals surface area contributed by atoms with E-state index in [-0.39, 0.29) is 29.8 Å². The molecule has 1 aliphatic carbocycles. The average molecular weight is 451 g/mol. The zero-order chi connectivity index (χ0) is 22.6. The van der Waals surface area contributed by atoms with Crippen LogP contribution in [0, 0.1) is 17.0 Å². The van der Waals surface area contributed by atoms with Gasteiger partial charge in [-0.25, -0.2) is 22.2 Å². The van der Waals surface area contributed by atoms with Gasteiger partial charge in [0, 0.05) is 24.1 Å². The van der Waals surface area contributed by atoms with Crippen molar-refractivity contribution in [2.75, 3.05) is 11.1 Å². The number of benzene rings is 1. The van der Waals surface area contributed by atoms with E-state index in [2.05, 4.69) is 15.6 Å². The van der Waals surface area contributed by atoms with Crippen molar-refractivity contribution in [3.8, 4) is 0 Å². The van der Waals surface area contributed by atoms with Crippen LogP contribution in [0.2, 0.25) is 0 Å². The highest BCUT2D eigenvalue weighted by Crippen LogP contribution is 2.45. The highest BCUT2D eigenvalue weighted by molar-refractivity contribution is 7.93. The third-order valence-electron chi connectivity index (χ3n) is 5.61. The number of aliphatic hydroxyl groups excluding tert-OH is 1. The topological polar surface area (TPSA) is 158 Å². The van der Waals surface area contributed by atoms with Gasteiger partial charge in [-0.1, -0.05) is 0 Å². The van der Waals surface area contributed by atoms with E-state index in [9.17, 15) is 27.1 Å². The number of carbonyl (C=O) groups is 1. The second kappa shape index (κ2) is 7.04. The van der Waals surface area contributed by atoms with Gasteiger partial charge in [-0.2, -0.15) is 0 Å². The molecule has 0 unspecified atom stereocenters. The number of hydrogen-bond donors (Lipinski definition) is 5. The fourth-order valence-electron chi connectivity index (χ4n) is 3.92. The molecule has 31 heavy (non-hydrogen) atoms. The molecule has 164 valence electrons. The molecule has 1 aromatic carbocycles. The predicted octanol–water partition coefficient (Wildman–Crippen LogP) is 0.612. The zero-order valence-electron chi connectivity index (χ0n) is 16.0. The molecule has 1 saturated heterocycles. The molecule has 0 radical (unpaired) electrons. The van der Waals surface area contributed by atoms with E-state index in [1.165, 1.54) is 18.2 Å². The summed E-state index contributed by atoms with van der Waals surface area (Å²) in [7, 11) is -4.00. The van der Waals surface area contributed by atoms with Gasteiger partial charge in [0.05, 0.1) is 18.1 Å². The largest absolute Gasteiger partial charge is 0.393 e. The lowest BCUT2D eigenvalue weighted by Crippen LogP contribution is -2.74. The number of hydrogen-bond acceptors (Lipinski definition) is 7. The molecule has 1 aromatic heterocycles. The molecule has 1 spiro atoms. The first-order valence-corrected chi connectivity index (χ1v) is 10.9.